The van der Waals surface area contributed by atoms with E-state index in [1.165, 1.54) is 43.3 Å². The van der Waals surface area contributed by atoms with Gasteiger partial charge in [-0.05, 0) is 36.4 Å². The number of aliphatic hydroxyl groups excluding tert-OH is 10. The molecular formula is C40H48O23. The van der Waals surface area contributed by atoms with Gasteiger partial charge in [0.2, 0.25) is 5.43 Å². The first-order chi connectivity index (χ1) is 29.8. The van der Waals surface area contributed by atoms with Crippen LogP contribution in [-0.2, 0) is 55.6 Å². The van der Waals surface area contributed by atoms with E-state index in [0.717, 1.165) is 0 Å². The van der Waals surface area contributed by atoms with E-state index in [4.69, 9.17) is 37.9 Å². The Kier molecular flexibility index (Phi) is 14.0. The molecule has 5 aliphatic rings. The molecule has 0 radical (unpaired) electrons. The molecule has 12 N–H and O–H groups in total. The maximum atomic E-state index is 14.0. The molecule has 2 aromatic carbocycles. The van der Waals surface area contributed by atoms with Crippen molar-refractivity contribution in [2.24, 2.45) is 0 Å². The highest BCUT2D eigenvalue weighted by Crippen LogP contribution is 2.34. The molecule has 17 atom stereocenters. The number of hydrogen-bond acceptors (Lipinski definition) is 22. The number of aliphatic hydroxyl groups is 10. The fraction of sp³-hybridized carbons (Fsp3) is 0.575. The third kappa shape index (κ3) is 9.68. The van der Waals surface area contributed by atoms with Crippen molar-refractivity contribution in [1.29, 1.82) is 0 Å². The number of esters is 1. The van der Waals surface area contributed by atoms with Crippen LogP contribution in [0.25, 0.3) is 10.8 Å². The van der Waals surface area contributed by atoms with Gasteiger partial charge in [-0.2, -0.15) is 0 Å². The van der Waals surface area contributed by atoms with Crippen molar-refractivity contribution in [1.82, 2.24) is 0 Å². The second kappa shape index (κ2) is 19.0. The molecule has 346 valence electrons. The molecule has 4 aliphatic heterocycles. The van der Waals surface area contributed by atoms with Crippen LogP contribution in [0.1, 0.15) is 24.5 Å². The molecule has 3 saturated heterocycles. The summed E-state index contributed by atoms with van der Waals surface area (Å²) in [4.78, 5) is 37.3. The summed E-state index contributed by atoms with van der Waals surface area (Å²) < 4.78 is 43.9. The standard InChI is InChI=1S/C40H48O23/c1-13-26(45)31(50)35(37(54)58-13)62-40-34(53)32(51)36(38(55)63-40)61-39-33(52)30(49)29(48)22(60-39)12-57-21-7-14(4-5-56-20-11-19-17(8-18(20)41)10-24(44)59-19)6-15-2-3-16(9-23(42)43)27(46)25(15)28(21)47/h2-3,6-8,10,13,19-20,22,26,29-41,45-46,48-55H,4-5,9,11-12H2,1H3,(H,42,43). The van der Waals surface area contributed by atoms with Crippen LogP contribution in [0.15, 0.2) is 52.5 Å². The molecule has 0 bridgehead atoms. The zero-order chi connectivity index (χ0) is 45.6. The van der Waals surface area contributed by atoms with Crippen LogP contribution in [0.2, 0.25) is 0 Å². The first kappa shape index (κ1) is 46.6. The second-order valence-electron chi connectivity index (χ2n) is 15.8. The van der Waals surface area contributed by atoms with Gasteiger partial charge >= 0.3 is 11.9 Å². The molecule has 4 heterocycles. The highest BCUT2D eigenvalue weighted by Gasteiger charge is 2.53. The summed E-state index contributed by atoms with van der Waals surface area (Å²) in [6.07, 6.45) is -27.0. The number of aromatic hydroxyl groups is 1. The highest BCUT2D eigenvalue weighted by atomic mass is 16.8. The van der Waals surface area contributed by atoms with Crippen molar-refractivity contribution in [2.45, 2.75) is 131 Å². The van der Waals surface area contributed by atoms with Gasteiger partial charge in [0, 0.05) is 23.6 Å². The molecule has 63 heavy (non-hydrogen) atoms. The number of rotatable bonds is 13. The van der Waals surface area contributed by atoms with Crippen molar-refractivity contribution in [3.8, 4) is 11.5 Å². The van der Waals surface area contributed by atoms with Crippen LogP contribution >= 0.6 is 0 Å². The first-order valence-electron chi connectivity index (χ1n) is 19.8. The number of fused-ring (bicyclic) bond motifs is 2. The molecule has 3 fully saturated rings. The first-order valence-corrected chi connectivity index (χ1v) is 19.8. The number of ether oxygens (including phenoxy) is 8. The van der Waals surface area contributed by atoms with Crippen LogP contribution in [0.5, 0.6) is 11.5 Å². The molecular weight excluding hydrogens is 848 g/mol. The number of benzene rings is 1. The number of phenolic OH excluding ortho intramolecular Hbond substituents is 1. The summed E-state index contributed by atoms with van der Waals surface area (Å²) in [7, 11) is 0. The lowest BCUT2D eigenvalue weighted by molar-refractivity contribution is -0.401. The Hall–Kier alpha value is -4.41. The van der Waals surface area contributed by atoms with Crippen LogP contribution in [-0.4, -0.2) is 191 Å². The summed E-state index contributed by atoms with van der Waals surface area (Å²) in [5.41, 5.74) is -0.163. The number of carboxylic acid groups (broad SMARTS) is 1. The Bertz CT molecular complexity index is 2150. The molecule has 23 nitrogen and oxygen atoms in total. The van der Waals surface area contributed by atoms with Crippen molar-refractivity contribution in [3.63, 3.8) is 0 Å². The zero-order valence-corrected chi connectivity index (χ0v) is 33.2. The topological polar surface area (TPSA) is 368 Å². The summed E-state index contributed by atoms with van der Waals surface area (Å²) in [5, 5.41) is 127. The lowest BCUT2D eigenvalue weighted by Crippen LogP contribution is -2.65. The van der Waals surface area contributed by atoms with Gasteiger partial charge in [-0.25, -0.2) is 4.79 Å². The van der Waals surface area contributed by atoms with Gasteiger partial charge in [-0.3, -0.25) is 9.59 Å². The number of carbonyl (C=O) groups is 2. The van der Waals surface area contributed by atoms with E-state index in [1.807, 2.05) is 0 Å². The number of carbonyl (C=O) groups excluding carboxylic acids is 1. The molecule has 0 saturated carbocycles. The quantitative estimate of drug-likeness (QED) is 0.0852. The normalized spacial score (nSPS) is 38.1. The fourth-order valence-corrected chi connectivity index (χ4v) is 7.90. The summed E-state index contributed by atoms with van der Waals surface area (Å²) >= 11 is 0. The zero-order valence-electron chi connectivity index (χ0n) is 33.2. The van der Waals surface area contributed by atoms with E-state index in [1.54, 1.807) is 0 Å². The van der Waals surface area contributed by atoms with Crippen LogP contribution < -0.4 is 10.2 Å². The number of phenols is 1. The average Bonchev–Trinajstić information content (AvgIpc) is 3.52. The third-order valence-corrected chi connectivity index (χ3v) is 11.4. The number of aliphatic carboxylic acids is 1. The van der Waals surface area contributed by atoms with Crippen LogP contribution in [0.3, 0.4) is 0 Å². The predicted molar refractivity (Wildman–Crippen MR) is 203 cm³/mol. The maximum Gasteiger partial charge on any atom is 0.331 e. The smallest absolute Gasteiger partial charge is 0.331 e. The number of carboxylic acids is 1. The lowest BCUT2D eigenvalue weighted by Gasteiger charge is -2.46. The minimum absolute atomic E-state index is 0.0557. The van der Waals surface area contributed by atoms with Crippen LogP contribution in [0, 0.1) is 0 Å². The predicted octanol–water partition coefficient (Wildman–Crippen LogP) is -4.03. The minimum Gasteiger partial charge on any atom is -0.510 e. The largest absolute Gasteiger partial charge is 0.510 e. The van der Waals surface area contributed by atoms with E-state index < -0.39 is 146 Å². The highest BCUT2D eigenvalue weighted by molar-refractivity contribution is 5.91. The Morgan fingerprint density at radius 1 is 0.778 bits per heavy atom. The van der Waals surface area contributed by atoms with Gasteiger partial charge in [0.25, 0.3) is 0 Å². The number of hydrogen-bond donors (Lipinski definition) is 12. The van der Waals surface area contributed by atoms with Crippen molar-refractivity contribution < 1.29 is 109 Å². The summed E-state index contributed by atoms with van der Waals surface area (Å²) in [6, 6.07) is 5.53. The summed E-state index contributed by atoms with van der Waals surface area (Å²) in [6.45, 7) is 0.532. The van der Waals surface area contributed by atoms with E-state index in [9.17, 15) is 75.7 Å². The minimum atomic E-state index is -2.18. The van der Waals surface area contributed by atoms with Gasteiger partial charge in [-0.1, -0.05) is 18.2 Å². The second-order valence-corrected chi connectivity index (χ2v) is 15.8. The maximum absolute atomic E-state index is 14.0. The Morgan fingerprint density at radius 2 is 1.43 bits per heavy atom. The van der Waals surface area contributed by atoms with E-state index in [0.29, 0.717) is 11.1 Å². The molecule has 7 rings (SSSR count). The lowest BCUT2D eigenvalue weighted by atomic mass is 9.96. The molecule has 0 aromatic heterocycles. The Balaban J connectivity index is 1.07. The van der Waals surface area contributed by atoms with Gasteiger partial charge in [-0.15, -0.1) is 0 Å². The third-order valence-electron chi connectivity index (χ3n) is 11.4. The van der Waals surface area contributed by atoms with Crippen LogP contribution in [0.4, 0.5) is 0 Å². The SMILES string of the molecule is CC1OC(O)C(OC2OC(O)C(OC3OC(COc4cc(CCOC5CC6OC(=O)C=C6C=C5O)cc5ccc(CC(=O)O)c(O)c5c4=O)C(O)C(O)C3O)C(O)C2O)C(O)C1O. The van der Waals surface area contributed by atoms with E-state index in [-0.39, 0.29) is 41.5 Å². The van der Waals surface area contributed by atoms with E-state index >= 15 is 0 Å². The molecule has 2 aromatic rings. The molecule has 1 aliphatic carbocycles. The van der Waals surface area contributed by atoms with Gasteiger partial charge < -0.3 is 99.2 Å². The van der Waals surface area contributed by atoms with Gasteiger partial charge in [0.05, 0.1) is 24.5 Å². The molecule has 17 unspecified atom stereocenters. The van der Waals surface area contributed by atoms with Gasteiger partial charge in [0.15, 0.2) is 30.9 Å². The average molecular weight is 897 g/mol. The fourth-order valence-electron chi connectivity index (χ4n) is 7.90. The Labute approximate surface area is 355 Å². The monoisotopic (exact) mass is 896 g/mol. The molecule has 0 spiro atoms. The molecule has 23 heteroatoms. The van der Waals surface area contributed by atoms with Gasteiger partial charge in [0.1, 0.15) is 91.4 Å². The van der Waals surface area contributed by atoms with E-state index in [2.05, 4.69) is 0 Å². The van der Waals surface area contributed by atoms with Crippen molar-refractivity contribution in [2.75, 3.05) is 13.2 Å². The summed E-state index contributed by atoms with van der Waals surface area (Å²) in [5.74, 6) is -3.10. The Morgan fingerprint density at radius 3 is 2.13 bits per heavy atom. The van der Waals surface area contributed by atoms with Crippen molar-refractivity contribution >= 4 is 22.7 Å². The van der Waals surface area contributed by atoms with Crippen molar-refractivity contribution in [3.05, 3.63) is 69.1 Å². The molecule has 0 amide bonds.